The molecular weight excluding hydrogens is 284 g/mol. The van der Waals surface area contributed by atoms with E-state index in [0.717, 1.165) is 16.2 Å². The maximum Gasteiger partial charge on any atom is 0.275 e. The van der Waals surface area contributed by atoms with Crippen molar-refractivity contribution in [3.63, 3.8) is 0 Å². The standard InChI is InChI=1S/C13H13ClN2O2S/c1-8-6-9(2-4-11(8)14)18-7-10-3-5-12(19-10)13(17)16-15/h2-6H,7,15H2,1H3,(H,16,17). The minimum Gasteiger partial charge on any atom is -0.488 e. The molecule has 100 valence electrons. The Kier molecular flexibility index (Phi) is 4.42. The van der Waals surface area contributed by atoms with Gasteiger partial charge < -0.3 is 4.74 Å². The van der Waals surface area contributed by atoms with Gasteiger partial charge in [0.2, 0.25) is 0 Å². The number of aryl methyl sites for hydroxylation is 1. The molecule has 0 spiro atoms. The molecule has 0 atom stereocenters. The first-order valence-electron chi connectivity index (χ1n) is 5.59. The number of benzene rings is 1. The Morgan fingerprint density at radius 3 is 2.89 bits per heavy atom. The molecule has 2 rings (SSSR count). The molecule has 0 fully saturated rings. The number of rotatable bonds is 4. The lowest BCUT2D eigenvalue weighted by Crippen LogP contribution is -2.29. The van der Waals surface area contributed by atoms with Gasteiger partial charge in [-0.2, -0.15) is 0 Å². The molecule has 3 N–H and O–H groups in total. The van der Waals surface area contributed by atoms with Crippen molar-refractivity contribution in [2.24, 2.45) is 5.84 Å². The molecule has 0 saturated heterocycles. The van der Waals surface area contributed by atoms with E-state index in [9.17, 15) is 4.79 Å². The molecule has 1 amide bonds. The summed E-state index contributed by atoms with van der Waals surface area (Å²) in [6, 6.07) is 9.06. The first-order chi connectivity index (χ1) is 9.10. The number of halogens is 1. The summed E-state index contributed by atoms with van der Waals surface area (Å²) in [5.74, 6) is 5.53. The lowest BCUT2D eigenvalue weighted by Gasteiger charge is -2.06. The lowest BCUT2D eigenvalue weighted by molar-refractivity contribution is 0.0957. The fraction of sp³-hybridized carbons (Fsp3) is 0.154. The number of nitrogens with two attached hydrogens (primary N) is 1. The number of thiophene rings is 1. The minimum absolute atomic E-state index is 0.293. The summed E-state index contributed by atoms with van der Waals surface area (Å²) in [6.45, 7) is 2.33. The summed E-state index contributed by atoms with van der Waals surface area (Å²) in [7, 11) is 0. The summed E-state index contributed by atoms with van der Waals surface area (Å²) >= 11 is 7.29. The van der Waals surface area contributed by atoms with Crippen LogP contribution < -0.4 is 16.0 Å². The van der Waals surface area contributed by atoms with Crippen LogP contribution in [0.1, 0.15) is 20.1 Å². The van der Waals surface area contributed by atoms with Crippen LogP contribution in [-0.4, -0.2) is 5.91 Å². The van der Waals surface area contributed by atoms with Crippen molar-refractivity contribution in [3.05, 3.63) is 50.7 Å². The highest BCUT2D eigenvalue weighted by atomic mass is 35.5. The van der Waals surface area contributed by atoms with Gasteiger partial charge in [0, 0.05) is 9.90 Å². The Morgan fingerprint density at radius 1 is 1.42 bits per heavy atom. The van der Waals surface area contributed by atoms with E-state index in [4.69, 9.17) is 22.2 Å². The van der Waals surface area contributed by atoms with E-state index in [-0.39, 0.29) is 5.91 Å². The van der Waals surface area contributed by atoms with Crippen molar-refractivity contribution >= 4 is 28.8 Å². The van der Waals surface area contributed by atoms with Crippen molar-refractivity contribution in [2.45, 2.75) is 13.5 Å². The van der Waals surface area contributed by atoms with Crippen molar-refractivity contribution in [1.29, 1.82) is 0 Å². The SMILES string of the molecule is Cc1cc(OCc2ccc(C(=O)NN)s2)ccc1Cl. The number of hydrogen-bond donors (Lipinski definition) is 2. The molecule has 0 unspecified atom stereocenters. The van der Waals surface area contributed by atoms with Crippen LogP contribution in [0.15, 0.2) is 30.3 Å². The summed E-state index contributed by atoms with van der Waals surface area (Å²) in [6.07, 6.45) is 0. The van der Waals surface area contributed by atoms with Crippen molar-refractivity contribution in [3.8, 4) is 5.75 Å². The second-order valence-corrected chi connectivity index (χ2v) is 5.51. The molecular formula is C13H13ClN2O2S. The molecule has 0 aliphatic rings. The second-order valence-electron chi connectivity index (χ2n) is 3.94. The highest BCUT2D eigenvalue weighted by molar-refractivity contribution is 7.14. The number of nitrogens with one attached hydrogen (secondary N) is 1. The zero-order valence-corrected chi connectivity index (χ0v) is 11.8. The number of carbonyl (C=O) groups is 1. The van der Waals surface area contributed by atoms with Crippen LogP contribution in [0.3, 0.4) is 0 Å². The van der Waals surface area contributed by atoms with Crippen molar-refractivity contribution in [2.75, 3.05) is 0 Å². The zero-order valence-electron chi connectivity index (χ0n) is 10.3. The van der Waals surface area contributed by atoms with Gasteiger partial charge in [0.25, 0.3) is 5.91 Å². The molecule has 0 bridgehead atoms. The molecule has 6 heteroatoms. The zero-order chi connectivity index (χ0) is 13.8. The molecule has 4 nitrogen and oxygen atoms in total. The van der Waals surface area contributed by atoms with Crippen LogP contribution in [0, 0.1) is 6.92 Å². The van der Waals surface area contributed by atoms with Gasteiger partial charge in [-0.1, -0.05) is 11.6 Å². The Bertz CT molecular complexity index is 598. The molecule has 0 aliphatic heterocycles. The number of hydrogen-bond acceptors (Lipinski definition) is 4. The molecule has 1 aromatic heterocycles. The third kappa shape index (κ3) is 3.47. The number of hydrazine groups is 1. The average Bonchev–Trinajstić information content (AvgIpc) is 2.88. The van der Waals surface area contributed by atoms with E-state index in [1.165, 1.54) is 11.3 Å². The predicted molar refractivity (Wildman–Crippen MR) is 76.5 cm³/mol. The van der Waals surface area contributed by atoms with Crippen LogP contribution in [0.4, 0.5) is 0 Å². The fourth-order valence-corrected chi connectivity index (χ4v) is 2.45. The highest BCUT2D eigenvalue weighted by Crippen LogP contribution is 2.23. The van der Waals surface area contributed by atoms with Gasteiger partial charge in [0.05, 0.1) is 4.88 Å². The number of amides is 1. The summed E-state index contributed by atoms with van der Waals surface area (Å²) in [4.78, 5) is 12.8. The van der Waals surface area contributed by atoms with Gasteiger partial charge in [0.1, 0.15) is 12.4 Å². The largest absolute Gasteiger partial charge is 0.488 e. The lowest BCUT2D eigenvalue weighted by atomic mass is 10.2. The maximum absolute atomic E-state index is 11.3. The normalized spacial score (nSPS) is 10.3. The topological polar surface area (TPSA) is 64.3 Å². The summed E-state index contributed by atoms with van der Waals surface area (Å²) < 4.78 is 5.64. The van der Waals surface area contributed by atoms with E-state index in [0.29, 0.717) is 16.5 Å². The molecule has 0 aliphatic carbocycles. The number of nitrogen functional groups attached to an aromatic ring is 1. The molecule has 1 aromatic carbocycles. The second kappa shape index (κ2) is 6.06. The fourth-order valence-electron chi connectivity index (χ4n) is 1.51. The van der Waals surface area contributed by atoms with E-state index in [1.807, 2.05) is 25.1 Å². The highest BCUT2D eigenvalue weighted by Gasteiger charge is 2.08. The quantitative estimate of drug-likeness (QED) is 0.518. The predicted octanol–water partition coefficient (Wildman–Crippen LogP) is 2.89. The number of carbonyl (C=O) groups excluding carboxylic acids is 1. The minimum atomic E-state index is -0.293. The monoisotopic (exact) mass is 296 g/mol. The van der Waals surface area contributed by atoms with Crippen LogP contribution in [0.5, 0.6) is 5.75 Å². The van der Waals surface area contributed by atoms with Crippen LogP contribution >= 0.6 is 22.9 Å². The Morgan fingerprint density at radius 2 is 2.21 bits per heavy atom. The van der Waals surface area contributed by atoms with E-state index >= 15 is 0 Å². The third-order valence-electron chi connectivity index (χ3n) is 2.53. The van der Waals surface area contributed by atoms with Gasteiger partial charge in [-0.3, -0.25) is 10.2 Å². The average molecular weight is 297 g/mol. The van der Waals surface area contributed by atoms with E-state index in [2.05, 4.69) is 5.43 Å². The Labute approximate surface area is 120 Å². The van der Waals surface area contributed by atoms with Gasteiger partial charge >= 0.3 is 0 Å². The van der Waals surface area contributed by atoms with Gasteiger partial charge in [0.15, 0.2) is 0 Å². The van der Waals surface area contributed by atoms with Crippen molar-refractivity contribution < 1.29 is 9.53 Å². The van der Waals surface area contributed by atoms with E-state index < -0.39 is 0 Å². The van der Waals surface area contributed by atoms with Gasteiger partial charge in [-0.15, -0.1) is 11.3 Å². The first-order valence-corrected chi connectivity index (χ1v) is 6.78. The van der Waals surface area contributed by atoms with Crippen LogP contribution in [0.25, 0.3) is 0 Å². The number of ether oxygens (including phenoxy) is 1. The van der Waals surface area contributed by atoms with Crippen LogP contribution in [0.2, 0.25) is 5.02 Å². The molecule has 0 saturated carbocycles. The summed E-state index contributed by atoms with van der Waals surface area (Å²) in [5, 5.41) is 0.713. The third-order valence-corrected chi connectivity index (χ3v) is 4.01. The van der Waals surface area contributed by atoms with Gasteiger partial charge in [-0.25, -0.2) is 5.84 Å². The Hall–Kier alpha value is -1.56. The molecule has 0 radical (unpaired) electrons. The van der Waals surface area contributed by atoms with Crippen molar-refractivity contribution in [1.82, 2.24) is 5.43 Å². The summed E-state index contributed by atoms with van der Waals surface area (Å²) in [5.41, 5.74) is 3.06. The van der Waals surface area contributed by atoms with E-state index in [1.54, 1.807) is 12.1 Å². The van der Waals surface area contributed by atoms with Gasteiger partial charge in [-0.05, 0) is 42.8 Å². The maximum atomic E-state index is 11.3. The first kappa shape index (κ1) is 13.9. The van der Waals surface area contributed by atoms with Crippen LogP contribution in [-0.2, 0) is 6.61 Å². The molecule has 1 heterocycles. The smallest absolute Gasteiger partial charge is 0.275 e. The molecule has 19 heavy (non-hydrogen) atoms. The Balaban J connectivity index is 2.00. The molecule has 2 aromatic rings.